The molecule has 0 saturated heterocycles. The number of H-pyrrole nitrogens is 1. The minimum absolute atomic E-state index is 0.0748. The van der Waals surface area contributed by atoms with Gasteiger partial charge in [0.25, 0.3) is 5.56 Å². The van der Waals surface area contributed by atoms with Gasteiger partial charge in [0.05, 0.1) is 11.9 Å². The minimum atomic E-state index is -0.564. The number of nitrogens with zero attached hydrogens (tertiary/aromatic N) is 3. The van der Waals surface area contributed by atoms with Gasteiger partial charge in [0.2, 0.25) is 5.95 Å². The first kappa shape index (κ1) is 24.5. The Labute approximate surface area is 219 Å². The summed E-state index contributed by atoms with van der Waals surface area (Å²) >= 11 is 15.6. The molecule has 3 aromatic carbocycles. The van der Waals surface area contributed by atoms with E-state index in [4.69, 9.17) is 27.9 Å². The quantitative estimate of drug-likeness (QED) is 0.198. The maximum Gasteiger partial charge on any atom is 0.270 e. The number of aromatic nitrogens is 2. The molecule has 1 heterocycles. The number of anilines is 1. The Hall–Kier alpha value is -3.64. The van der Waals surface area contributed by atoms with Crippen LogP contribution in [0.1, 0.15) is 16.7 Å². The van der Waals surface area contributed by atoms with E-state index in [1.165, 1.54) is 6.21 Å². The summed E-state index contributed by atoms with van der Waals surface area (Å²) in [4.78, 5) is 19.3. The molecule has 10 heteroatoms. The highest BCUT2D eigenvalue weighted by Crippen LogP contribution is 2.26. The zero-order valence-corrected chi connectivity index (χ0v) is 21.0. The summed E-state index contributed by atoms with van der Waals surface area (Å²) in [6.07, 6.45) is 1.53. The number of rotatable bonds is 7. The molecule has 174 valence electrons. The number of halogens is 3. The maximum atomic E-state index is 12.4. The van der Waals surface area contributed by atoms with Crippen molar-refractivity contribution >= 4 is 51.3 Å². The van der Waals surface area contributed by atoms with E-state index in [2.05, 4.69) is 36.4 Å². The molecule has 0 fully saturated rings. The molecule has 0 spiro atoms. The van der Waals surface area contributed by atoms with Crippen LogP contribution in [0, 0.1) is 11.3 Å². The van der Waals surface area contributed by atoms with Crippen molar-refractivity contribution in [2.75, 3.05) is 5.43 Å². The van der Waals surface area contributed by atoms with Crippen molar-refractivity contribution in [3.63, 3.8) is 0 Å². The van der Waals surface area contributed by atoms with Crippen LogP contribution >= 0.6 is 39.1 Å². The fourth-order valence-electron chi connectivity index (χ4n) is 3.14. The van der Waals surface area contributed by atoms with Gasteiger partial charge in [0.15, 0.2) is 0 Å². The Kier molecular flexibility index (Phi) is 7.83. The van der Waals surface area contributed by atoms with Gasteiger partial charge in [-0.15, -0.1) is 0 Å². The highest BCUT2D eigenvalue weighted by Gasteiger charge is 2.13. The summed E-state index contributed by atoms with van der Waals surface area (Å²) in [5, 5.41) is 14.7. The van der Waals surface area contributed by atoms with Crippen LogP contribution in [0.2, 0.25) is 10.0 Å². The molecule has 0 radical (unpaired) electrons. The molecular weight excluding hydrogens is 553 g/mol. The highest BCUT2D eigenvalue weighted by atomic mass is 79.9. The standard InChI is InChI=1S/C25H16BrCl2N5O2/c26-18-7-9-22(35-14-16-6-8-19(27)11-21(16)28)17(10-18)13-30-33-25-31-23(15-4-2-1-3-5-15)20(12-29)24(34)32-25/h1-11,13H,14H2,(H2,31,32,33,34). The van der Waals surface area contributed by atoms with Crippen molar-refractivity contribution in [1.82, 2.24) is 9.97 Å². The van der Waals surface area contributed by atoms with E-state index in [1.54, 1.807) is 48.5 Å². The van der Waals surface area contributed by atoms with E-state index in [-0.39, 0.29) is 23.8 Å². The van der Waals surface area contributed by atoms with E-state index >= 15 is 0 Å². The normalized spacial score (nSPS) is 10.8. The molecule has 0 unspecified atom stereocenters. The first-order valence-corrected chi connectivity index (χ1v) is 11.7. The van der Waals surface area contributed by atoms with Gasteiger partial charge in [-0.25, -0.2) is 10.4 Å². The molecule has 0 amide bonds. The van der Waals surface area contributed by atoms with Gasteiger partial charge in [-0.05, 0) is 30.3 Å². The average Bonchev–Trinajstić information content (AvgIpc) is 2.84. The predicted octanol–water partition coefficient (Wildman–Crippen LogP) is 6.40. The zero-order chi connectivity index (χ0) is 24.8. The number of hydrogen-bond acceptors (Lipinski definition) is 6. The molecule has 0 aliphatic rings. The summed E-state index contributed by atoms with van der Waals surface area (Å²) in [6, 6.07) is 21.6. The second-order valence-corrected chi connectivity index (χ2v) is 8.95. The van der Waals surface area contributed by atoms with Gasteiger partial charge in [-0.3, -0.25) is 9.78 Å². The monoisotopic (exact) mass is 567 g/mol. The van der Waals surface area contributed by atoms with Crippen LogP contribution in [0.3, 0.4) is 0 Å². The van der Waals surface area contributed by atoms with Gasteiger partial charge < -0.3 is 4.74 Å². The predicted molar refractivity (Wildman–Crippen MR) is 141 cm³/mol. The van der Waals surface area contributed by atoms with Gasteiger partial charge in [-0.1, -0.05) is 75.5 Å². The van der Waals surface area contributed by atoms with Gasteiger partial charge in [0, 0.05) is 31.2 Å². The lowest BCUT2D eigenvalue weighted by atomic mass is 10.1. The van der Waals surface area contributed by atoms with Crippen LogP contribution in [0.4, 0.5) is 5.95 Å². The van der Waals surface area contributed by atoms with Crippen LogP contribution < -0.4 is 15.7 Å². The van der Waals surface area contributed by atoms with Crippen LogP contribution in [0.5, 0.6) is 5.75 Å². The van der Waals surface area contributed by atoms with E-state index < -0.39 is 5.56 Å². The Morgan fingerprint density at radius 1 is 1.14 bits per heavy atom. The van der Waals surface area contributed by atoms with Crippen molar-refractivity contribution in [1.29, 1.82) is 5.26 Å². The molecule has 0 aliphatic heterocycles. The average molecular weight is 569 g/mol. The molecule has 0 atom stereocenters. The number of aromatic amines is 1. The van der Waals surface area contributed by atoms with Crippen LogP contribution in [0.15, 0.2) is 81.1 Å². The summed E-state index contributed by atoms with van der Waals surface area (Å²) in [5.41, 5.74) is 4.44. The van der Waals surface area contributed by atoms with Crippen molar-refractivity contribution in [2.45, 2.75) is 6.61 Å². The summed E-state index contributed by atoms with van der Waals surface area (Å²) in [6.45, 7) is 0.233. The fourth-order valence-corrected chi connectivity index (χ4v) is 3.99. The van der Waals surface area contributed by atoms with E-state index in [0.29, 0.717) is 26.9 Å². The Morgan fingerprint density at radius 3 is 2.69 bits per heavy atom. The molecule has 0 aliphatic carbocycles. The lowest BCUT2D eigenvalue weighted by molar-refractivity contribution is 0.306. The second-order valence-electron chi connectivity index (χ2n) is 7.19. The summed E-state index contributed by atoms with van der Waals surface area (Å²) in [5.74, 6) is 0.658. The molecule has 7 nitrogen and oxygen atoms in total. The van der Waals surface area contributed by atoms with Crippen molar-refractivity contribution < 1.29 is 4.74 Å². The molecule has 4 rings (SSSR count). The minimum Gasteiger partial charge on any atom is -0.488 e. The van der Waals surface area contributed by atoms with Crippen LogP contribution in [-0.4, -0.2) is 16.2 Å². The number of nitrogens with one attached hydrogen (secondary N) is 2. The second kappa shape index (κ2) is 11.2. The first-order valence-electron chi connectivity index (χ1n) is 10.2. The molecule has 0 bridgehead atoms. The number of nitriles is 1. The largest absolute Gasteiger partial charge is 0.488 e. The topological polar surface area (TPSA) is 103 Å². The SMILES string of the molecule is N#Cc1c(-c2ccccc2)nc(NN=Cc2cc(Br)ccc2OCc2ccc(Cl)cc2Cl)[nH]c1=O. The molecular formula is C25H16BrCl2N5O2. The molecule has 2 N–H and O–H groups in total. The van der Waals surface area contributed by atoms with Crippen LogP contribution in [-0.2, 0) is 6.61 Å². The van der Waals surface area contributed by atoms with Gasteiger partial charge in [-0.2, -0.15) is 10.4 Å². The first-order chi connectivity index (χ1) is 16.9. The fraction of sp³-hybridized carbons (Fsp3) is 0.0400. The molecule has 4 aromatic rings. The Balaban J connectivity index is 1.56. The third-order valence-electron chi connectivity index (χ3n) is 4.82. The lowest BCUT2D eigenvalue weighted by Gasteiger charge is -2.11. The van der Waals surface area contributed by atoms with Crippen molar-refractivity contribution in [2.24, 2.45) is 5.10 Å². The third-order valence-corrected chi connectivity index (χ3v) is 5.90. The van der Waals surface area contributed by atoms with Gasteiger partial charge in [0.1, 0.15) is 24.0 Å². The smallest absolute Gasteiger partial charge is 0.270 e. The number of hydrogen-bond donors (Lipinski definition) is 2. The number of ether oxygens (including phenoxy) is 1. The lowest BCUT2D eigenvalue weighted by Crippen LogP contribution is -2.16. The Bertz CT molecular complexity index is 1500. The van der Waals surface area contributed by atoms with E-state index in [0.717, 1.165) is 10.0 Å². The maximum absolute atomic E-state index is 12.4. The van der Waals surface area contributed by atoms with Crippen molar-refractivity contribution in [3.05, 3.63) is 108 Å². The van der Waals surface area contributed by atoms with Crippen LogP contribution in [0.25, 0.3) is 11.3 Å². The molecule has 1 aromatic heterocycles. The number of benzene rings is 3. The summed E-state index contributed by atoms with van der Waals surface area (Å²) in [7, 11) is 0. The van der Waals surface area contributed by atoms with Gasteiger partial charge >= 0.3 is 0 Å². The zero-order valence-electron chi connectivity index (χ0n) is 17.9. The number of hydrazone groups is 1. The molecule has 0 saturated carbocycles. The summed E-state index contributed by atoms with van der Waals surface area (Å²) < 4.78 is 6.78. The molecule has 35 heavy (non-hydrogen) atoms. The highest BCUT2D eigenvalue weighted by molar-refractivity contribution is 9.10. The van der Waals surface area contributed by atoms with E-state index in [1.807, 2.05) is 24.3 Å². The van der Waals surface area contributed by atoms with E-state index in [9.17, 15) is 10.1 Å². The third kappa shape index (κ3) is 6.08. The van der Waals surface area contributed by atoms with Crippen molar-refractivity contribution in [3.8, 4) is 23.1 Å². The Morgan fingerprint density at radius 2 is 1.94 bits per heavy atom.